The fraction of sp³-hybridized carbons (Fsp3) is 0.235. The van der Waals surface area contributed by atoms with Gasteiger partial charge >= 0.3 is 0 Å². The minimum Gasteiger partial charge on any atom is -0.495 e. The van der Waals surface area contributed by atoms with Gasteiger partial charge in [0, 0.05) is 19.5 Å². The number of carbonyl (C=O) groups is 2. The normalized spacial score (nSPS) is 11.8. The van der Waals surface area contributed by atoms with E-state index in [-0.39, 0.29) is 29.5 Å². The summed E-state index contributed by atoms with van der Waals surface area (Å²) in [5, 5.41) is 2.88. The molecule has 4 aromatic carbocycles. The van der Waals surface area contributed by atoms with E-state index in [4.69, 9.17) is 4.74 Å². The second kappa shape index (κ2) is 14.5. The van der Waals surface area contributed by atoms with Crippen molar-refractivity contribution in [3.05, 3.63) is 126 Å². The maximum Gasteiger partial charge on any atom is 0.264 e. The molecule has 0 saturated heterocycles. The number of para-hydroxylation sites is 2. The second-order valence-electron chi connectivity index (χ2n) is 10.0. The van der Waals surface area contributed by atoms with Crippen molar-refractivity contribution in [2.24, 2.45) is 0 Å². The number of benzene rings is 4. The Bertz CT molecular complexity index is 1630. The first kappa shape index (κ1) is 31.3. The maximum atomic E-state index is 14.5. The van der Waals surface area contributed by atoms with E-state index in [0.29, 0.717) is 12.3 Å². The van der Waals surface area contributed by atoms with Crippen LogP contribution in [0.25, 0.3) is 0 Å². The summed E-state index contributed by atoms with van der Waals surface area (Å²) in [6.45, 7) is 3.71. The number of ether oxygens (including phenoxy) is 1. The molecule has 0 aliphatic heterocycles. The zero-order valence-electron chi connectivity index (χ0n) is 24.6. The molecule has 8 nitrogen and oxygen atoms in total. The summed E-state index contributed by atoms with van der Waals surface area (Å²) in [5.41, 5.74) is 2.90. The lowest BCUT2D eigenvalue weighted by Crippen LogP contribution is -2.53. The Labute approximate surface area is 254 Å². The van der Waals surface area contributed by atoms with Gasteiger partial charge in [-0.25, -0.2) is 8.42 Å². The Morgan fingerprint density at radius 3 is 2.09 bits per heavy atom. The van der Waals surface area contributed by atoms with Crippen LogP contribution in [-0.2, 0) is 32.6 Å². The molecule has 0 saturated carbocycles. The smallest absolute Gasteiger partial charge is 0.264 e. The van der Waals surface area contributed by atoms with Gasteiger partial charge in [-0.15, -0.1) is 0 Å². The average Bonchev–Trinajstić information content (AvgIpc) is 3.03. The Balaban J connectivity index is 1.82. The molecule has 4 aromatic rings. The molecule has 0 heterocycles. The van der Waals surface area contributed by atoms with E-state index < -0.39 is 28.5 Å². The molecular formula is C34H37N3O5S. The highest BCUT2D eigenvalue weighted by molar-refractivity contribution is 7.92. The largest absolute Gasteiger partial charge is 0.495 e. The average molecular weight is 600 g/mol. The van der Waals surface area contributed by atoms with Crippen molar-refractivity contribution in [1.82, 2.24) is 10.2 Å². The number of rotatable bonds is 13. The van der Waals surface area contributed by atoms with Crippen LogP contribution in [0.5, 0.6) is 5.75 Å². The highest BCUT2D eigenvalue weighted by Crippen LogP contribution is 2.32. The fourth-order valence-electron chi connectivity index (χ4n) is 4.89. The Hall–Kier alpha value is -4.63. The topological polar surface area (TPSA) is 96.0 Å². The minimum atomic E-state index is -4.21. The van der Waals surface area contributed by atoms with Gasteiger partial charge < -0.3 is 15.0 Å². The number of hydrogen-bond acceptors (Lipinski definition) is 5. The van der Waals surface area contributed by atoms with Gasteiger partial charge in [0.25, 0.3) is 10.0 Å². The van der Waals surface area contributed by atoms with Crippen LogP contribution < -0.4 is 14.4 Å². The summed E-state index contributed by atoms with van der Waals surface area (Å²) in [7, 11) is -2.76. The Morgan fingerprint density at radius 1 is 0.837 bits per heavy atom. The number of nitrogens with one attached hydrogen (secondary N) is 1. The second-order valence-corrected chi connectivity index (χ2v) is 11.9. The van der Waals surface area contributed by atoms with Crippen molar-refractivity contribution in [2.45, 2.75) is 37.8 Å². The third-order valence-corrected chi connectivity index (χ3v) is 8.96. The van der Waals surface area contributed by atoms with Gasteiger partial charge in [-0.3, -0.25) is 13.9 Å². The quantitative estimate of drug-likeness (QED) is 0.234. The summed E-state index contributed by atoms with van der Waals surface area (Å²) in [5.74, 6) is -0.547. The van der Waals surface area contributed by atoms with Crippen molar-refractivity contribution in [3.63, 3.8) is 0 Å². The van der Waals surface area contributed by atoms with Gasteiger partial charge in [-0.2, -0.15) is 0 Å². The standard InChI is InChI=1S/C34H37N3O5S/c1-4-35-34(39)31(23-27-16-7-5-8-17-27)36(24-28-18-12-11-15-26(28)2)33(38)25-37(30-21-13-14-22-32(30)42-3)43(40,41)29-19-9-6-10-20-29/h5-22,31H,4,23-25H2,1-3H3,(H,35,39)/t31-/m0/s1. The van der Waals surface area contributed by atoms with Crippen LogP contribution in [0.2, 0.25) is 0 Å². The lowest BCUT2D eigenvalue weighted by molar-refractivity contribution is -0.140. The van der Waals surface area contributed by atoms with Gasteiger partial charge in [-0.1, -0.05) is 84.9 Å². The number of methoxy groups -OCH3 is 1. The highest BCUT2D eigenvalue weighted by atomic mass is 32.2. The molecule has 1 N–H and O–H groups in total. The number of aryl methyl sites for hydroxylation is 1. The lowest BCUT2D eigenvalue weighted by Gasteiger charge is -2.34. The van der Waals surface area contributed by atoms with Crippen LogP contribution in [0, 0.1) is 6.92 Å². The van der Waals surface area contributed by atoms with Gasteiger partial charge in [0.1, 0.15) is 18.3 Å². The Kier molecular flexibility index (Phi) is 10.6. The molecule has 9 heteroatoms. The minimum absolute atomic E-state index is 0.0312. The first-order chi connectivity index (χ1) is 20.8. The van der Waals surface area contributed by atoms with Crippen molar-refractivity contribution < 1.29 is 22.7 Å². The predicted molar refractivity (Wildman–Crippen MR) is 168 cm³/mol. The molecule has 224 valence electrons. The molecular weight excluding hydrogens is 562 g/mol. The summed E-state index contributed by atoms with van der Waals surface area (Å²) in [6, 6.07) is 30.8. The van der Waals surface area contributed by atoms with Crippen LogP contribution in [0.4, 0.5) is 5.69 Å². The molecule has 0 aliphatic rings. The van der Waals surface area contributed by atoms with Gasteiger partial charge in [-0.05, 0) is 54.8 Å². The molecule has 2 amide bonds. The van der Waals surface area contributed by atoms with Crippen molar-refractivity contribution in [2.75, 3.05) is 24.5 Å². The number of anilines is 1. The van der Waals surface area contributed by atoms with Crippen LogP contribution in [0.1, 0.15) is 23.6 Å². The first-order valence-corrected chi connectivity index (χ1v) is 15.6. The van der Waals surface area contributed by atoms with E-state index in [9.17, 15) is 18.0 Å². The van der Waals surface area contributed by atoms with Gasteiger partial charge in [0.15, 0.2) is 0 Å². The van der Waals surface area contributed by atoms with E-state index in [1.165, 1.54) is 24.1 Å². The van der Waals surface area contributed by atoms with Crippen LogP contribution >= 0.6 is 0 Å². The monoisotopic (exact) mass is 599 g/mol. The van der Waals surface area contributed by atoms with Crippen molar-refractivity contribution in [1.29, 1.82) is 0 Å². The number of carbonyl (C=O) groups excluding carboxylic acids is 2. The van der Waals surface area contributed by atoms with Gasteiger partial charge in [0.2, 0.25) is 11.8 Å². The number of sulfonamides is 1. The number of nitrogens with zero attached hydrogens (tertiary/aromatic N) is 2. The van der Waals surface area contributed by atoms with Crippen LogP contribution in [-0.4, -0.2) is 51.4 Å². The molecule has 0 aliphatic carbocycles. The van der Waals surface area contributed by atoms with Crippen LogP contribution in [0.15, 0.2) is 114 Å². The lowest BCUT2D eigenvalue weighted by atomic mass is 10.0. The fourth-order valence-corrected chi connectivity index (χ4v) is 6.33. The zero-order chi connectivity index (χ0) is 30.8. The molecule has 0 spiro atoms. The van der Waals surface area contributed by atoms with Crippen molar-refractivity contribution >= 4 is 27.5 Å². The molecule has 0 fully saturated rings. The zero-order valence-corrected chi connectivity index (χ0v) is 25.5. The summed E-state index contributed by atoms with van der Waals surface area (Å²) in [4.78, 5) is 29.6. The number of amides is 2. The first-order valence-electron chi connectivity index (χ1n) is 14.1. The molecule has 0 bridgehead atoms. The van der Waals surface area contributed by atoms with E-state index in [1.807, 2.05) is 68.4 Å². The third kappa shape index (κ3) is 7.61. The van der Waals surface area contributed by atoms with E-state index >= 15 is 0 Å². The summed E-state index contributed by atoms with van der Waals surface area (Å²) in [6.07, 6.45) is 0.254. The SMILES string of the molecule is CCNC(=O)[C@H](Cc1ccccc1)N(Cc1ccccc1C)C(=O)CN(c1ccccc1OC)S(=O)(=O)c1ccccc1. The summed E-state index contributed by atoms with van der Waals surface area (Å²) >= 11 is 0. The number of likely N-dealkylation sites (N-methyl/N-ethyl adjacent to an activating group) is 1. The molecule has 4 rings (SSSR count). The van der Waals surface area contributed by atoms with Crippen LogP contribution in [0.3, 0.4) is 0 Å². The number of hydrogen-bond donors (Lipinski definition) is 1. The van der Waals surface area contributed by atoms with Gasteiger partial charge in [0.05, 0.1) is 17.7 Å². The molecule has 0 unspecified atom stereocenters. The molecule has 0 radical (unpaired) electrons. The maximum absolute atomic E-state index is 14.5. The van der Waals surface area contributed by atoms with E-state index in [2.05, 4.69) is 5.32 Å². The molecule has 0 aromatic heterocycles. The molecule has 43 heavy (non-hydrogen) atoms. The highest BCUT2D eigenvalue weighted by Gasteiger charge is 2.35. The Morgan fingerprint density at radius 2 is 1.44 bits per heavy atom. The van der Waals surface area contributed by atoms with Crippen molar-refractivity contribution in [3.8, 4) is 5.75 Å². The summed E-state index contributed by atoms with van der Waals surface area (Å²) < 4.78 is 34.8. The molecule has 1 atom stereocenters. The third-order valence-electron chi connectivity index (χ3n) is 7.19. The van der Waals surface area contributed by atoms with E-state index in [0.717, 1.165) is 21.0 Å². The van der Waals surface area contributed by atoms with E-state index in [1.54, 1.807) is 42.5 Å². The predicted octanol–water partition coefficient (Wildman–Crippen LogP) is 4.98.